The first-order valence-corrected chi connectivity index (χ1v) is 15.5. The Morgan fingerprint density at radius 2 is 1.68 bits per heavy atom. The highest BCUT2D eigenvalue weighted by Crippen LogP contribution is 2.35. The quantitative estimate of drug-likeness (QED) is 0.310. The summed E-state index contributed by atoms with van der Waals surface area (Å²) >= 11 is 0. The Labute approximate surface area is 259 Å². The minimum absolute atomic E-state index is 0.134. The zero-order valence-electron chi connectivity index (χ0n) is 25.8. The van der Waals surface area contributed by atoms with Crippen LogP contribution in [0.15, 0.2) is 79.0 Å². The van der Waals surface area contributed by atoms with Gasteiger partial charge in [-0.1, -0.05) is 61.5 Å². The molecule has 4 aromatic rings. The van der Waals surface area contributed by atoms with Gasteiger partial charge in [-0.3, -0.25) is 9.69 Å². The predicted octanol–water partition coefficient (Wildman–Crippen LogP) is 4.65. The van der Waals surface area contributed by atoms with E-state index in [0.29, 0.717) is 32.0 Å². The number of amides is 3. The lowest BCUT2D eigenvalue weighted by molar-refractivity contribution is -0.121. The molecule has 230 valence electrons. The highest BCUT2D eigenvalue weighted by molar-refractivity contribution is 6.01. The van der Waals surface area contributed by atoms with Gasteiger partial charge < -0.3 is 29.7 Å². The Morgan fingerprint density at radius 3 is 2.45 bits per heavy atom. The third-order valence-electron chi connectivity index (χ3n) is 8.72. The Balaban J connectivity index is 1.24. The van der Waals surface area contributed by atoms with Crippen molar-refractivity contribution in [3.63, 3.8) is 0 Å². The maximum absolute atomic E-state index is 14.5. The number of rotatable bonds is 8. The molecule has 0 saturated carbocycles. The van der Waals surface area contributed by atoms with E-state index in [2.05, 4.69) is 50.4 Å². The van der Waals surface area contributed by atoms with E-state index >= 15 is 0 Å². The first-order chi connectivity index (χ1) is 21.4. The number of anilines is 1. The molecule has 3 aromatic carbocycles. The zero-order chi connectivity index (χ0) is 30.6. The van der Waals surface area contributed by atoms with E-state index < -0.39 is 6.04 Å². The molecule has 0 bridgehead atoms. The van der Waals surface area contributed by atoms with Gasteiger partial charge in [0.1, 0.15) is 18.4 Å². The van der Waals surface area contributed by atoms with Crippen molar-refractivity contribution in [2.45, 2.75) is 32.0 Å². The van der Waals surface area contributed by atoms with Crippen LogP contribution in [0.1, 0.15) is 29.5 Å². The maximum atomic E-state index is 14.5. The van der Waals surface area contributed by atoms with E-state index in [1.54, 1.807) is 4.90 Å². The number of hydrogen-bond acceptors (Lipinski definition) is 5. The second-order valence-corrected chi connectivity index (χ2v) is 12.1. The highest BCUT2D eigenvalue weighted by atomic mass is 16.5. The number of carbonyl (C=O) groups excluding carboxylic acids is 2. The van der Waals surface area contributed by atoms with E-state index in [0.717, 1.165) is 53.9 Å². The number of hydrogen-bond donors (Lipinski definition) is 2. The van der Waals surface area contributed by atoms with Gasteiger partial charge in [-0.05, 0) is 49.0 Å². The summed E-state index contributed by atoms with van der Waals surface area (Å²) in [7, 11) is 4.05. The number of aromatic nitrogens is 1. The van der Waals surface area contributed by atoms with Crippen LogP contribution in [0.4, 0.5) is 10.5 Å². The monoisotopic (exact) mass is 594 g/mol. The Hall–Kier alpha value is -4.34. The number of nitrogens with one attached hydrogen (secondary N) is 2. The summed E-state index contributed by atoms with van der Waals surface area (Å²) in [5, 5.41) is 4.25. The van der Waals surface area contributed by atoms with E-state index in [4.69, 9.17) is 4.74 Å². The minimum atomic E-state index is -0.771. The number of nitrogens with zero attached hydrogens (tertiary/aromatic N) is 4. The van der Waals surface area contributed by atoms with Crippen molar-refractivity contribution in [1.29, 1.82) is 0 Å². The van der Waals surface area contributed by atoms with Crippen LogP contribution < -0.4 is 15.0 Å². The molecular weight excluding hydrogens is 552 g/mol. The molecule has 1 saturated heterocycles. The smallest absolute Gasteiger partial charge is 0.318 e. The average molecular weight is 595 g/mol. The number of H-pyrrole nitrogens is 1. The summed E-state index contributed by atoms with van der Waals surface area (Å²) in [5.74, 6) is 0.273. The molecule has 2 atom stereocenters. The van der Waals surface area contributed by atoms with E-state index in [1.165, 1.54) is 5.56 Å². The molecule has 0 radical (unpaired) electrons. The Morgan fingerprint density at radius 1 is 0.932 bits per heavy atom. The largest absolute Gasteiger partial charge is 0.490 e. The topological polar surface area (TPSA) is 84.1 Å². The molecule has 9 nitrogen and oxygen atoms in total. The van der Waals surface area contributed by atoms with Crippen LogP contribution in [0, 0.1) is 0 Å². The second kappa shape index (κ2) is 13.1. The lowest BCUT2D eigenvalue weighted by atomic mass is 9.91. The van der Waals surface area contributed by atoms with Gasteiger partial charge in [0.2, 0.25) is 5.91 Å². The molecular formula is C35H42N6O3. The molecule has 1 fully saturated rings. The number of fused-ring (bicyclic) bond motifs is 2. The van der Waals surface area contributed by atoms with Gasteiger partial charge in [-0.15, -0.1) is 0 Å². The van der Waals surface area contributed by atoms with Crippen molar-refractivity contribution < 1.29 is 14.3 Å². The standard InChI is InChI=1S/C35H42N6O3/c1-25(29-22-36-30-12-8-7-11-28(29)30)33(34(42)41-19-20-44-32-14-13-27(21-31(32)41)23-38(2)3)37-35(43)40-17-15-39(16-18-40)24-26-9-5-4-6-10-26/h4-14,21-22,25,33,36H,15-20,23-24H2,1-3H3,(H,37,43)/t25-,33+/m0/s1. The SMILES string of the molecule is C[C@@H](c1c[nH]c2ccccc12)[C@@H](NC(=O)N1CCN(Cc2ccccc2)CC1)C(=O)N1CCOc2ccc(CN(C)C)cc21. The van der Waals surface area contributed by atoms with Crippen LogP contribution in [-0.4, -0.2) is 91.1 Å². The lowest BCUT2D eigenvalue weighted by Gasteiger charge is -2.38. The van der Waals surface area contributed by atoms with Crippen LogP contribution in [-0.2, 0) is 17.9 Å². The third-order valence-corrected chi connectivity index (χ3v) is 8.72. The van der Waals surface area contributed by atoms with Gasteiger partial charge in [-0.25, -0.2) is 4.79 Å². The number of carbonyl (C=O) groups is 2. The van der Waals surface area contributed by atoms with Crippen LogP contribution >= 0.6 is 0 Å². The van der Waals surface area contributed by atoms with Gasteiger partial charge in [0.05, 0.1) is 12.2 Å². The van der Waals surface area contributed by atoms with Crippen molar-refractivity contribution in [3.05, 3.63) is 95.7 Å². The first kappa shape index (κ1) is 29.7. The summed E-state index contributed by atoms with van der Waals surface area (Å²) in [4.78, 5) is 39.8. The summed E-state index contributed by atoms with van der Waals surface area (Å²) in [6.07, 6.45) is 1.96. The number of benzene rings is 3. The Bertz CT molecular complexity index is 1590. The van der Waals surface area contributed by atoms with Crippen molar-refractivity contribution >= 4 is 28.5 Å². The van der Waals surface area contributed by atoms with E-state index in [9.17, 15) is 9.59 Å². The normalized spacial score (nSPS) is 16.8. The molecule has 6 rings (SSSR count). The molecule has 0 spiro atoms. The number of para-hydroxylation sites is 1. The fraction of sp³-hybridized carbons (Fsp3) is 0.371. The minimum Gasteiger partial charge on any atom is -0.490 e. The van der Waals surface area contributed by atoms with E-state index in [1.807, 2.05) is 74.6 Å². The molecule has 2 N–H and O–H groups in total. The number of piperazine rings is 1. The molecule has 2 aliphatic rings. The molecule has 3 amide bonds. The summed E-state index contributed by atoms with van der Waals surface area (Å²) < 4.78 is 5.95. The van der Waals surface area contributed by atoms with Gasteiger partial charge in [0, 0.05) is 62.3 Å². The van der Waals surface area contributed by atoms with E-state index in [-0.39, 0.29) is 17.9 Å². The van der Waals surface area contributed by atoms with Crippen LogP contribution in [0.3, 0.4) is 0 Å². The molecule has 0 unspecified atom stereocenters. The predicted molar refractivity (Wildman–Crippen MR) is 174 cm³/mol. The summed E-state index contributed by atoms with van der Waals surface area (Å²) in [5.41, 5.74) is 5.12. The van der Waals surface area contributed by atoms with Crippen molar-refractivity contribution in [2.24, 2.45) is 0 Å². The number of urea groups is 1. The van der Waals surface area contributed by atoms with Crippen LogP contribution in [0.2, 0.25) is 0 Å². The molecule has 9 heteroatoms. The van der Waals surface area contributed by atoms with Gasteiger partial charge in [0.25, 0.3) is 0 Å². The van der Waals surface area contributed by atoms with Gasteiger partial charge in [0.15, 0.2) is 0 Å². The fourth-order valence-corrected chi connectivity index (χ4v) is 6.35. The van der Waals surface area contributed by atoms with Crippen molar-refractivity contribution in [3.8, 4) is 5.75 Å². The van der Waals surface area contributed by atoms with Crippen molar-refractivity contribution in [1.82, 2.24) is 25.0 Å². The number of aromatic amines is 1. The molecule has 3 heterocycles. The molecule has 1 aromatic heterocycles. The average Bonchev–Trinajstić information content (AvgIpc) is 3.47. The molecule has 0 aliphatic carbocycles. The Kier molecular flexibility index (Phi) is 8.86. The maximum Gasteiger partial charge on any atom is 0.318 e. The first-order valence-electron chi connectivity index (χ1n) is 15.5. The second-order valence-electron chi connectivity index (χ2n) is 12.1. The van der Waals surface area contributed by atoms with Crippen LogP contribution in [0.5, 0.6) is 5.75 Å². The lowest BCUT2D eigenvalue weighted by Crippen LogP contribution is -2.58. The summed E-state index contributed by atoms with van der Waals surface area (Å²) in [6.45, 7) is 7.23. The molecule has 44 heavy (non-hydrogen) atoms. The van der Waals surface area contributed by atoms with Gasteiger partial charge in [-0.2, -0.15) is 0 Å². The molecule has 2 aliphatic heterocycles. The van der Waals surface area contributed by atoms with Crippen LogP contribution in [0.25, 0.3) is 10.9 Å². The number of ether oxygens (including phenoxy) is 1. The zero-order valence-corrected chi connectivity index (χ0v) is 25.8. The third kappa shape index (κ3) is 6.44. The van der Waals surface area contributed by atoms with Crippen molar-refractivity contribution in [2.75, 3.05) is 58.3 Å². The summed E-state index contributed by atoms with van der Waals surface area (Å²) in [6, 6.07) is 23.5. The fourth-order valence-electron chi connectivity index (χ4n) is 6.35. The highest BCUT2D eigenvalue weighted by Gasteiger charge is 2.37. The van der Waals surface area contributed by atoms with Gasteiger partial charge >= 0.3 is 6.03 Å².